The van der Waals surface area contributed by atoms with Gasteiger partial charge in [-0.05, 0) is 38.8 Å². The first-order chi connectivity index (χ1) is 13.1. The van der Waals surface area contributed by atoms with Gasteiger partial charge in [-0.15, -0.1) is 0 Å². The van der Waals surface area contributed by atoms with E-state index in [1.807, 2.05) is 38.1 Å². The summed E-state index contributed by atoms with van der Waals surface area (Å²) in [6.07, 6.45) is 3.33. The second kappa shape index (κ2) is 5.50. The molecule has 3 aromatic heterocycles. The van der Waals surface area contributed by atoms with Crippen molar-refractivity contribution in [3.63, 3.8) is 0 Å². The van der Waals surface area contributed by atoms with Crippen LogP contribution in [0.2, 0.25) is 0 Å². The third kappa shape index (κ3) is 2.19. The Labute approximate surface area is 154 Å². The van der Waals surface area contributed by atoms with Crippen molar-refractivity contribution in [2.45, 2.75) is 38.3 Å². The van der Waals surface area contributed by atoms with Crippen molar-refractivity contribution in [3.05, 3.63) is 46.8 Å². The van der Waals surface area contributed by atoms with E-state index in [9.17, 15) is 4.79 Å². The molecule has 138 valence electrons. The van der Waals surface area contributed by atoms with Gasteiger partial charge in [0.05, 0.1) is 11.0 Å². The molecule has 1 aliphatic rings. The SMILES string of the molecule is COC1(c2nc(-c3ncn4c3c(=O)n(C(C)C)c3ccccc34)no2)CC1. The lowest BCUT2D eigenvalue weighted by molar-refractivity contribution is 0.0492. The summed E-state index contributed by atoms with van der Waals surface area (Å²) in [5, 5.41) is 4.07. The Hall–Kier alpha value is -3.00. The Bertz CT molecular complexity index is 1230. The van der Waals surface area contributed by atoms with Gasteiger partial charge < -0.3 is 13.8 Å². The average molecular weight is 365 g/mol. The molecule has 0 unspecified atom stereocenters. The van der Waals surface area contributed by atoms with Crippen LogP contribution < -0.4 is 5.56 Å². The lowest BCUT2D eigenvalue weighted by Gasteiger charge is -2.15. The van der Waals surface area contributed by atoms with E-state index in [-0.39, 0.29) is 11.6 Å². The highest BCUT2D eigenvalue weighted by atomic mass is 16.5. The number of hydrogen-bond donors (Lipinski definition) is 0. The Balaban J connectivity index is 1.79. The van der Waals surface area contributed by atoms with Gasteiger partial charge in [-0.3, -0.25) is 9.20 Å². The van der Waals surface area contributed by atoms with Crippen molar-refractivity contribution in [3.8, 4) is 11.5 Å². The molecule has 0 bridgehead atoms. The number of benzene rings is 1. The Morgan fingerprint density at radius 2 is 1.96 bits per heavy atom. The Morgan fingerprint density at radius 3 is 2.63 bits per heavy atom. The van der Waals surface area contributed by atoms with Crippen molar-refractivity contribution >= 4 is 16.6 Å². The second-order valence-electron chi connectivity index (χ2n) is 7.19. The van der Waals surface area contributed by atoms with E-state index >= 15 is 0 Å². The topological polar surface area (TPSA) is 87.5 Å². The lowest BCUT2D eigenvalue weighted by Crippen LogP contribution is -2.24. The zero-order chi connectivity index (χ0) is 18.8. The molecule has 8 nitrogen and oxygen atoms in total. The van der Waals surface area contributed by atoms with Gasteiger partial charge in [-0.1, -0.05) is 17.3 Å². The summed E-state index contributed by atoms with van der Waals surface area (Å²) in [6, 6.07) is 7.78. The van der Waals surface area contributed by atoms with Crippen molar-refractivity contribution in [1.82, 2.24) is 24.1 Å². The van der Waals surface area contributed by atoms with Gasteiger partial charge in [0.25, 0.3) is 11.4 Å². The molecule has 0 spiro atoms. The van der Waals surface area contributed by atoms with E-state index in [0.29, 0.717) is 22.9 Å². The third-order valence-corrected chi connectivity index (χ3v) is 5.23. The van der Waals surface area contributed by atoms with Crippen LogP contribution in [-0.2, 0) is 10.3 Å². The zero-order valence-corrected chi connectivity index (χ0v) is 15.3. The van der Waals surface area contributed by atoms with Gasteiger partial charge in [-0.2, -0.15) is 4.98 Å². The van der Waals surface area contributed by atoms with Crippen LogP contribution in [0.3, 0.4) is 0 Å². The molecule has 0 N–H and O–H groups in total. The molecule has 4 aromatic rings. The maximum atomic E-state index is 13.3. The highest BCUT2D eigenvalue weighted by Crippen LogP contribution is 2.48. The summed E-state index contributed by atoms with van der Waals surface area (Å²) >= 11 is 0. The molecule has 5 rings (SSSR count). The van der Waals surface area contributed by atoms with Crippen molar-refractivity contribution in [2.24, 2.45) is 0 Å². The summed E-state index contributed by atoms with van der Waals surface area (Å²) in [5.74, 6) is 0.740. The number of imidazole rings is 1. The van der Waals surface area contributed by atoms with Crippen LogP contribution in [0.4, 0.5) is 0 Å². The maximum Gasteiger partial charge on any atom is 0.278 e. The number of aromatic nitrogens is 5. The number of nitrogens with zero attached hydrogens (tertiary/aromatic N) is 5. The molecule has 1 aliphatic carbocycles. The molecule has 1 aromatic carbocycles. The normalized spacial score (nSPS) is 15.9. The van der Waals surface area contributed by atoms with Crippen molar-refractivity contribution in [1.29, 1.82) is 0 Å². The second-order valence-corrected chi connectivity index (χ2v) is 7.19. The molecule has 0 amide bonds. The van der Waals surface area contributed by atoms with Crippen molar-refractivity contribution < 1.29 is 9.26 Å². The van der Waals surface area contributed by atoms with Gasteiger partial charge in [0.1, 0.15) is 23.1 Å². The van der Waals surface area contributed by atoms with Crippen LogP contribution in [0, 0.1) is 0 Å². The predicted molar refractivity (Wildman–Crippen MR) is 98.6 cm³/mol. The van der Waals surface area contributed by atoms with Crippen LogP contribution in [-0.4, -0.2) is 31.2 Å². The van der Waals surface area contributed by atoms with Crippen LogP contribution in [0.1, 0.15) is 38.6 Å². The Kier molecular flexibility index (Phi) is 3.30. The summed E-state index contributed by atoms with van der Waals surface area (Å²) in [4.78, 5) is 22.2. The number of rotatable bonds is 4. The molecule has 1 saturated carbocycles. The third-order valence-electron chi connectivity index (χ3n) is 5.23. The quantitative estimate of drug-likeness (QED) is 0.553. The van der Waals surface area contributed by atoms with Gasteiger partial charge >= 0.3 is 0 Å². The predicted octanol–water partition coefficient (Wildman–Crippen LogP) is 2.92. The molecule has 3 heterocycles. The molecule has 0 aliphatic heterocycles. The van der Waals surface area contributed by atoms with E-state index in [2.05, 4.69) is 15.1 Å². The van der Waals surface area contributed by atoms with E-state index in [4.69, 9.17) is 9.26 Å². The first-order valence-electron chi connectivity index (χ1n) is 8.96. The molecule has 27 heavy (non-hydrogen) atoms. The fourth-order valence-corrected chi connectivity index (χ4v) is 3.63. The molecule has 0 radical (unpaired) electrons. The van der Waals surface area contributed by atoms with Gasteiger partial charge in [0.15, 0.2) is 0 Å². The van der Waals surface area contributed by atoms with E-state index in [1.54, 1.807) is 22.4 Å². The average Bonchev–Trinajstić information content (AvgIpc) is 3.10. The summed E-state index contributed by atoms with van der Waals surface area (Å²) in [7, 11) is 1.64. The minimum Gasteiger partial charge on any atom is -0.368 e. The molecule has 0 saturated heterocycles. The molecule has 0 atom stereocenters. The molecular formula is C19H19N5O3. The van der Waals surface area contributed by atoms with E-state index in [1.165, 1.54) is 0 Å². The van der Waals surface area contributed by atoms with Gasteiger partial charge in [0.2, 0.25) is 5.82 Å². The summed E-state index contributed by atoms with van der Waals surface area (Å²) < 4.78 is 14.5. The fourth-order valence-electron chi connectivity index (χ4n) is 3.63. The molecular weight excluding hydrogens is 346 g/mol. The molecule has 8 heteroatoms. The number of ether oxygens (including phenoxy) is 1. The highest BCUT2D eigenvalue weighted by Gasteiger charge is 2.50. The number of hydrogen-bond acceptors (Lipinski definition) is 6. The molecule has 1 fully saturated rings. The lowest BCUT2D eigenvalue weighted by atomic mass is 10.2. The number of fused-ring (bicyclic) bond motifs is 3. The van der Waals surface area contributed by atoms with Crippen LogP contribution in [0.15, 0.2) is 39.9 Å². The maximum absolute atomic E-state index is 13.3. The van der Waals surface area contributed by atoms with E-state index < -0.39 is 5.60 Å². The minimum absolute atomic E-state index is 0.000737. The van der Waals surface area contributed by atoms with Crippen LogP contribution in [0.5, 0.6) is 0 Å². The Morgan fingerprint density at radius 1 is 1.22 bits per heavy atom. The van der Waals surface area contributed by atoms with Crippen molar-refractivity contribution in [2.75, 3.05) is 7.11 Å². The van der Waals surface area contributed by atoms with Crippen LogP contribution >= 0.6 is 0 Å². The van der Waals surface area contributed by atoms with Gasteiger partial charge in [-0.25, -0.2) is 4.98 Å². The summed E-state index contributed by atoms with van der Waals surface area (Å²) in [5.41, 5.74) is 2.01. The first-order valence-corrected chi connectivity index (χ1v) is 8.96. The van der Waals surface area contributed by atoms with Crippen LogP contribution in [0.25, 0.3) is 28.1 Å². The van der Waals surface area contributed by atoms with E-state index in [0.717, 1.165) is 23.9 Å². The first kappa shape index (κ1) is 16.2. The number of methoxy groups -OCH3 is 1. The fraction of sp³-hybridized carbons (Fsp3) is 0.368. The highest BCUT2D eigenvalue weighted by molar-refractivity contribution is 5.83. The summed E-state index contributed by atoms with van der Waals surface area (Å²) in [6.45, 7) is 3.98. The number of para-hydroxylation sites is 2. The minimum atomic E-state index is -0.481. The smallest absolute Gasteiger partial charge is 0.278 e. The largest absolute Gasteiger partial charge is 0.368 e. The van der Waals surface area contributed by atoms with Gasteiger partial charge in [0, 0.05) is 13.2 Å². The standard InChI is InChI=1S/C19H19N5O3/c1-11(2)24-13-7-5-4-6-12(13)23-10-20-14(15(23)17(24)25)16-21-18(27-22-16)19(26-3)8-9-19/h4-7,10-11H,8-9H2,1-3H3. The monoisotopic (exact) mass is 365 g/mol. The zero-order valence-electron chi connectivity index (χ0n) is 15.3.